The molecule has 0 atom stereocenters. The number of hydrogen-bond donors (Lipinski definition) is 2. The number of nitrogens with zero attached hydrogens (tertiary/aromatic N) is 2. The summed E-state index contributed by atoms with van der Waals surface area (Å²) in [5.41, 5.74) is 5.74. The van der Waals surface area contributed by atoms with Gasteiger partial charge >= 0.3 is 0 Å². The van der Waals surface area contributed by atoms with Gasteiger partial charge in [0.15, 0.2) is 0 Å². The molecule has 1 aliphatic heterocycles. The number of fused-ring (bicyclic) bond motifs is 1. The smallest absolute Gasteiger partial charge is 0.217 e. The molecule has 1 amide bonds. The maximum atomic E-state index is 12.0. The molecule has 3 heterocycles. The molecule has 2 N–H and O–H groups in total. The van der Waals surface area contributed by atoms with Crippen molar-refractivity contribution in [3.8, 4) is 0 Å². The summed E-state index contributed by atoms with van der Waals surface area (Å²) in [6.45, 7) is 11.0. The van der Waals surface area contributed by atoms with E-state index in [0.717, 1.165) is 38.1 Å². The Balaban J connectivity index is 1.58. The summed E-state index contributed by atoms with van der Waals surface area (Å²) < 4.78 is 0. The van der Waals surface area contributed by atoms with E-state index in [1.165, 1.54) is 27.8 Å². The van der Waals surface area contributed by atoms with Crippen molar-refractivity contribution in [2.75, 3.05) is 13.1 Å². The first-order valence-electron chi connectivity index (χ1n) is 10.9. The minimum atomic E-state index is -0.275. The predicted octanol–water partition coefficient (Wildman–Crippen LogP) is 4.62. The normalized spacial score (nSPS) is 16.8. The molecule has 0 spiro atoms. The third kappa shape index (κ3) is 3.99. The summed E-state index contributed by atoms with van der Waals surface area (Å²) in [7, 11) is 0. The highest BCUT2D eigenvalue weighted by Crippen LogP contribution is 2.35. The summed E-state index contributed by atoms with van der Waals surface area (Å²) in [5, 5.41) is 4.51. The van der Waals surface area contributed by atoms with Crippen molar-refractivity contribution < 1.29 is 4.79 Å². The molecule has 5 nitrogen and oxygen atoms in total. The van der Waals surface area contributed by atoms with E-state index < -0.39 is 0 Å². The van der Waals surface area contributed by atoms with Crippen molar-refractivity contribution in [2.24, 2.45) is 0 Å². The number of H-pyrrole nitrogens is 1. The zero-order chi connectivity index (χ0) is 21.3. The number of pyridine rings is 1. The Morgan fingerprint density at radius 2 is 1.93 bits per heavy atom. The number of likely N-dealkylation sites (tertiary alicyclic amines) is 1. The number of aromatic nitrogens is 2. The molecule has 5 heteroatoms. The van der Waals surface area contributed by atoms with Crippen LogP contribution in [-0.4, -0.2) is 33.9 Å². The van der Waals surface area contributed by atoms with Crippen molar-refractivity contribution in [2.45, 2.75) is 58.5 Å². The van der Waals surface area contributed by atoms with Gasteiger partial charge in [-0.15, -0.1) is 0 Å². The van der Waals surface area contributed by atoms with E-state index >= 15 is 0 Å². The molecule has 3 aromatic rings. The zero-order valence-electron chi connectivity index (χ0n) is 18.5. The van der Waals surface area contributed by atoms with Crippen molar-refractivity contribution >= 4 is 16.9 Å². The monoisotopic (exact) mass is 404 g/mol. The van der Waals surface area contributed by atoms with Crippen LogP contribution in [0, 0.1) is 6.92 Å². The molecular formula is C25H32N4O. The molecule has 1 saturated heterocycles. The van der Waals surface area contributed by atoms with Gasteiger partial charge in [-0.2, -0.15) is 0 Å². The number of aryl methyl sites for hydroxylation is 1. The van der Waals surface area contributed by atoms with Crippen LogP contribution in [0.15, 0.2) is 42.6 Å². The Kier molecular flexibility index (Phi) is 5.65. The van der Waals surface area contributed by atoms with Gasteiger partial charge in [-0.25, -0.2) is 4.98 Å². The highest BCUT2D eigenvalue weighted by molar-refractivity contribution is 5.82. The third-order valence-corrected chi connectivity index (χ3v) is 6.34. The van der Waals surface area contributed by atoms with Crippen molar-refractivity contribution in [3.63, 3.8) is 0 Å². The van der Waals surface area contributed by atoms with Gasteiger partial charge < -0.3 is 10.3 Å². The molecular weight excluding hydrogens is 372 g/mol. The minimum Gasteiger partial charge on any atom is -0.347 e. The van der Waals surface area contributed by atoms with Crippen LogP contribution in [0.25, 0.3) is 11.0 Å². The lowest BCUT2D eigenvalue weighted by Gasteiger charge is -2.42. The van der Waals surface area contributed by atoms with Crippen molar-refractivity contribution in [1.29, 1.82) is 0 Å². The lowest BCUT2D eigenvalue weighted by Crippen LogP contribution is -2.52. The molecule has 158 valence electrons. The van der Waals surface area contributed by atoms with Crippen LogP contribution in [0.1, 0.15) is 61.9 Å². The summed E-state index contributed by atoms with van der Waals surface area (Å²) in [4.78, 5) is 22.7. The highest BCUT2D eigenvalue weighted by atomic mass is 16.1. The number of aromatic amines is 1. The van der Waals surface area contributed by atoms with Crippen LogP contribution in [-0.2, 0) is 16.9 Å². The minimum absolute atomic E-state index is 0.0348. The van der Waals surface area contributed by atoms with Gasteiger partial charge in [0, 0.05) is 43.8 Å². The molecule has 1 aromatic carbocycles. The first-order chi connectivity index (χ1) is 14.4. The Hall–Kier alpha value is -2.66. The fourth-order valence-electron chi connectivity index (χ4n) is 4.81. The number of benzene rings is 1. The summed E-state index contributed by atoms with van der Waals surface area (Å²) >= 11 is 0. The second kappa shape index (κ2) is 8.23. The lowest BCUT2D eigenvalue weighted by molar-refractivity contribution is -0.121. The molecule has 1 fully saturated rings. The van der Waals surface area contributed by atoms with Gasteiger partial charge in [-0.1, -0.05) is 44.2 Å². The molecule has 4 rings (SSSR count). The van der Waals surface area contributed by atoms with Crippen molar-refractivity contribution in [3.05, 3.63) is 65.0 Å². The average Bonchev–Trinajstić information content (AvgIpc) is 3.08. The Morgan fingerprint density at radius 3 is 2.57 bits per heavy atom. The van der Waals surface area contributed by atoms with E-state index in [1.807, 2.05) is 12.3 Å². The fourth-order valence-corrected chi connectivity index (χ4v) is 4.81. The Morgan fingerprint density at radius 1 is 1.23 bits per heavy atom. The number of carbonyl (C=O) groups excluding carboxylic acids is 1. The largest absolute Gasteiger partial charge is 0.347 e. The summed E-state index contributed by atoms with van der Waals surface area (Å²) in [6, 6.07) is 12.7. The average molecular weight is 405 g/mol. The van der Waals surface area contributed by atoms with Gasteiger partial charge in [0.05, 0.1) is 5.54 Å². The van der Waals surface area contributed by atoms with E-state index in [9.17, 15) is 4.79 Å². The third-order valence-electron chi connectivity index (χ3n) is 6.34. The van der Waals surface area contributed by atoms with Gasteiger partial charge in [0.2, 0.25) is 5.91 Å². The highest BCUT2D eigenvalue weighted by Gasteiger charge is 2.37. The number of carbonyl (C=O) groups is 1. The van der Waals surface area contributed by atoms with Crippen LogP contribution in [0.4, 0.5) is 0 Å². The lowest BCUT2D eigenvalue weighted by atomic mass is 9.80. The number of piperidine rings is 1. The number of rotatable bonds is 5. The SMILES string of the molecule is CC(=O)NC1(c2ccccc2)CCN(Cc2c(C(C)C)[nH]c3ncc(C)cc23)CC1. The van der Waals surface area contributed by atoms with Gasteiger partial charge in [0.1, 0.15) is 5.65 Å². The van der Waals surface area contributed by atoms with Crippen molar-refractivity contribution in [1.82, 2.24) is 20.2 Å². The second-order valence-electron chi connectivity index (χ2n) is 8.99. The standard InChI is InChI=1S/C25H32N4O/c1-17(2)23-22(21-14-18(3)15-26-24(21)27-23)16-29-12-10-25(11-13-29,28-19(4)30)20-8-6-5-7-9-20/h5-9,14-15,17H,10-13,16H2,1-4H3,(H,26,27)(H,28,30). The van der Waals surface area contributed by atoms with Crippen LogP contribution in [0.3, 0.4) is 0 Å². The summed E-state index contributed by atoms with van der Waals surface area (Å²) in [5.74, 6) is 0.453. The number of hydrogen-bond acceptors (Lipinski definition) is 3. The second-order valence-corrected chi connectivity index (χ2v) is 8.99. The predicted molar refractivity (Wildman–Crippen MR) is 121 cm³/mol. The maximum Gasteiger partial charge on any atom is 0.217 e. The van der Waals surface area contributed by atoms with Crippen LogP contribution < -0.4 is 5.32 Å². The molecule has 2 aromatic heterocycles. The van der Waals surface area contributed by atoms with E-state index in [-0.39, 0.29) is 11.4 Å². The quantitative estimate of drug-likeness (QED) is 0.652. The first kappa shape index (κ1) is 20.6. The van der Waals surface area contributed by atoms with Gasteiger partial charge in [0.25, 0.3) is 0 Å². The topological polar surface area (TPSA) is 61.0 Å². The van der Waals surface area contributed by atoms with Crippen LogP contribution in [0.2, 0.25) is 0 Å². The van der Waals surface area contributed by atoms with Crippen LogP contribution in [0.5, 0.6) is 0 Å². The molecule has 0 radical (unpaired) electrons. The van der Waals surface area contributed by atoms with Gasteiger partial charge in [-0.3, -0.25) is 9.69 Å². The molecule has 0 aliphatic carbocycles. The summed E-state index contributed by atoms with van der Waals surface area (Å²) in [6.07, 6.45) is 3.75. The molecule has 0 bridgehead atoms. The maximum absolute atomic E-state index is 12.0. The number of amides is 1. The van der Waals surface area contributed by atoms with E-state index in [2.05, 4.69) is 71.3 Å². The van der Waals surface area contributed by atoms with E-state index in [0.29, 0.717) is 5.92 Å². The Labute approximate surface area is 178 Å². The van der Waals surface area contributed by atoms with E-state index in [4.69, 9.17) is 0 Å². The van der Waals surface area contributed by atoms with Crippen LogP contribution >= 0.6 is 0 Å². The van der Waals surface area contributed by atoms with Gasteiger partial charge in [-0.05, 0) is 48.4 Å². The zero-order valence-corrected chi connectivity index (χ0v) is 18.5. The number of nitrogens with one attached hydrogen (secondary N) is 2. The Bertz CT molecular complexity index is 1030. The van der Waals surface area contributed by atoms with E-state index in [1.54, 1.807) is 6.92 Å². The molecule has 0 unspecified atom stereocenters. The molecule has 30 heavy (non-hydrogen) atoms. The fraction of sp³-hybridized carbons (Fsp3) is 0.440. The first-order valence-corrected chi connectivity index (χ1v) is 10.9. The molecule has 0 saturated carbocycles. The molecule has 1 aliphatic rings.